The van der Waals surface area contributed by atoms with Crippen molar-refractivity contribution >= 4 is 10.1 Å². The van der Waals surface area contributed by atoms with Gasteiger partial charge in [-0.05, 0) is 36.6 Å². The zero-order chi connectivity index (χ0) is 13.3. The highest BCUT2D eigenvalue weighted by molar-refractivity contribution is 7.86. The summed E-state index contributed by atoms with van der Waals surface area (Å²) in [5, 5.41) is 0. The molecular formula is C14H14O3S. The van der Waals surface area contributed by atoms with Crippen LogP contribution in [0.1, 0.15) is 11.1 Å². The lowest BCUT2D eigenvalue weighted by atomic mass is 9.97. The lowest BCUT2D eigenvalue weighted by Crippen LogP contribution is -2.03. The molecule has 0 aliphatic rings. The van der Waals surface area contributed by atoms with Crippen molar-refractivity contribution in [2.75, 3.05) is 0 Å². The Labute approximate surface area is 107 Å². The van der Waals surface area contributed by atoms with Crippen molar-refractivity contribution in [2.45, 2.75) is 18.7 Å². The second-order valence-corrected chi connectivity index (χ2v) is 5.61. The monoisotopic (exact) mass is 262 g/mol. The quantitative estimate of drug-likeness (QED) is 0.845. The fraction of sp³-hybridized carbons (Fsp3) is 0.143. The molecule has 4 heteroatoms. The highest BCUT2D eigenvalue weighted by atomic mass is 32.2. The van der Waals surface area contributed by atoms with Gasteiger partial charge in [-0.25, -0.2) is 0 Å². The van der Waals surface area contributed by atoms with Gasteiger partial charge in [0, 0.05) is 5.56 Å². The number of aryl methyl sites for hydroxylation is 1. The van der Waals surface area contributed by atoms with Crippen molar-refractivity contribution < 1.29 is 13.0 Å². The molecule has 0 aliphatic heterocycles. The summed E-state index contributed by atoms with van der Waals surface area (Å²) in [4.78, 5) is -0.0446. The summed E-state index contributed by atoms with van der Waals surface area (Å²) in [5.74, 6) is 0. The van der Waals surface area contributed by atoms with E-state index in [1.54, 1.807) is 6.07 Å². The molecule has 0 amide bonds. The largest absolute Gasteiger partial charge is 0.295 e. The predicted octanol–water partition coefficient (Wildman–Crippen LogP) is 3.22. The van der Waals surface area contributed by atoms with Crippen molar-refractivity contribution in [1.29, 1.82) is 0 Å². The van der Waals surface area contributed by atoms with E-state index >= 15 is 0 Å². The first-order chi connectivity index (χ1) is 8.41. The van der Waals surface area contributed by atoms with Crippen molar-refractivity contribution in [2.24, 2.45) is 0 Å². The van der Waals surface area contributed by atoms with Gasteiger partial charge in [-0.15, -0.1) is 0 Å². The Hall–Kier alpha value is -1.65. The van der Waals surface area contributed by atoms with Gasteiger partial charge in [-0.2, -0.15) is 8.42 Å². The summed E-state index contributed by atoms with van der Waals surface area (Å²) in [7, 11) is -4.22. The zero-order valence-electron chi connectivity index (χ0n) is 10.2. The van der Waals surface area contributed by atoms with Gasteiger partial charge in [-0.3, -0.25) is 4.55 Å². The van der Waals surface area contributed by atoms with E-state index < -0.39 is 10.1 Å². The second kappa shape index (κ2) is 4.55. The molecule has 2 rings (SSSR count). The zero-order valence-corrected chi connectivity index (χ0v) is 11.0. The van der Waals surface area contributed by atoms with Crippen LogP contribution in [0.3, 0.4) is 0 Å². The number of hydrogen-bond acceptors (Lipinski definition) is 2. The van der Waals surface area contributed by atoms with Crippen LogP contribution in [0.25, 0.3) is 11.1 Å². The van der Waals surface area contributed by atoms with Crippen LogP contribution in [0.4, 0.5) is 0 Å². The van der Waals surface area contributed by atoms with Gasteiger partial charge in [0.25, 0.3) is 10.1 Å². The molecule has 0 aliphatic carbocycles. The third-order valence-corrected chi connectivity index (χ3v) is 3.93. The Balaban J connectivity index is 2.84. The van der Waals surface area contributed by atoms with Crippen molar-refractivity contribution in [3.8, 4) is 11.1 Å². The Morgan fingerprint density at radius 2 is 1.56 bits per heavy atom. The van der Waals surface area contributed by atoms with E-state index in [4.69, 9.17) is 0 Å². The summed E-state index contributed by atoms with van der Waals surface area (Å²) in [5.41, 5.74) is 3.20. The molecule has 1 N–H and O–H groups in total. The van der Waals surface area contributed by atoms with Crippen LogP contribution in [0.15, 0.2) is 47.4 Å². The van der Waals surface area contributed by atoms with Gasteiger partial charge in [0.05, 0.1) is 0 Å². The van der Waals surface area contributed by atoms with Gasteiger partial charge in [0.1, 0.15) is 4.90 Å². The molecule has 0 fully saturated rings. The predicted molar refractivity (Wildman–Crippen MR) is 71.2 cm³/mol. The fourth-order valence-corrected chi connectivity index (χ4v) is 2.74. The first-order valence-electron chi connectivity index (χ1n) is 5.54. The normalized spacial score (nSPS) is 11.5. The molecule has 2 aromatic rings. The van der Waals surface area contributed by atoms with E-state index in [0.29, 0.717) is 5.56 Å². The molecule has 3 nitrogen and oxygen atoms in total. The molecule has 0 heterocycles. The highest BCUT2D eigenvalue weighted by Gasteiger charge is 2.19. The Kier molecular flexibility index (Phi) is 3.24. The Morgan fingerprint density at radius 3 is 2.11 bits per heavy atom. The molecule has 94 valence electrons. The maximum atomic E-state index is 11.4. The molecule has 0 saturated carbocycles. The molecule has 2 aromatic carbocycles. The maximum absolute atomic E-state index is 11.4. The molecule has 0 unspecified atom stereocenters. The molecule has 0 radical (unpaired) electrons. The molecule has 0 spiro atoms. The summed E-state index contributed by atoms with van der Waals surface area (Å²) in [6.07, 6.45) is 0. The van der Waals surface area contributed by atoms with E-state index in [2.05, 4.69) is 0 Å². The van der Waals surface area contributed by atoms with Crippen molar-refractivity contribution in [3.63, 3.8) is 0 Å². The van der Waals surface area contributed by atoms with Crippen LogP contribution in [-0.2, 0) is 10.1 Å². The molecule has 0 aromatic heterocycles. The van der Waals surface area contributed by atoms with Crippen LogP contribution in [0, 0.1) is 13.8 Å². The van der Waals surface area contributed by atoms with Gasteiger partial charge in [0.2, 0.25) is 0 Å². The Morgan fingerprint density at radius 1 is 0.944 bits per heavy atom. The highest BCUT2D eigenvalue weighted by Crippen LogP contribution is 2.32. The third kappa shape index (κ3) is 2.30. The van der Waals surface area contributed by atoms with E-state index in [9.17, 15) is 13.0 Å². The molecule has 0 bridgehead atoms. The first kappa shape index (κ1) is 12.8. The number of benzene rings is 2. The van der Waals surface area contributed by atoms with Gasteiger partial charge in [0.15, 0.2) is 0 Å². The van der Waals surface area contributed by atoms with E-state index in [1.165, 1.54) is 6.07 Å². The number of rotatable bonds is 2. The lowest BCUT2D eigenvalue weighted by Gasteiger charge is -2.13. The summed E-state index contributed by atoms with van der Waals surface area (Å²) in [6, 6.07) is 12.3. The Bertz CT molecular complexity index is 674. The fourth-order valence-electron chi connectivity index (χ4n) is 1.97. The summed E-state index contributed by atoms with van der Waals surface area (Å²) in [6.45, 7) is 3.77. The van der Waals surface area contributed by atoms with E-state index in [1.807, 2.05) is 44.2 Å². The van der Waals surface area contributed by atoms with Crippen LogP contribution >= 0.6 is 0 Å². The van der Waals surface area contributed by atoms with Crippen molar-refractivity contribution in [1.82, 2.24) is 0 Å². The minimum Gasteiger partial charge on any atom is -0.282 e. The van der Waals surface area contributed by atoms with Crippen LogP contribution < -0.4 is 0 Å². The van der Waals surface area contributed by atoms with E-state index in [0.717, 1.165) is 16.7 Å². The molecule has 0 atom stereocenters. The van der Waals surface area contributed by atoms with Crippen LogP contribution in [0.5, 0.6) is 0 Å². The first-order valence-corrected chi connectivity index (χ1v) is 6.98. The van der Waals surface area contributed by atoms with Gasteiger partial charge < -0.3 is 0 Å². The topological polar surface area (TPSA) is 54.4 Å². The molecular weight excluding hydrogens is 248 g/mol. The SMILES string of the molecule is Cc1ccc(S(=O)(=O)O)c(-c2ccccc2)c1C. The molecule has 18 heavy (non-hydrogen) atoms. The molecule has 0 saturated heterocycles. The van der Waals surface area contributed by atoms with Gasteiger partial charge in [-0.1, -0.05) is 36.4 Å². The smallest absolute Gasteiger partial charge is 0.282 e. The van der Waals surface area contributed by atoms with Crippen LogP contribution in [-0.4, -0.2) is 13.0 Å². The van der Waals surface area contributed by atoms with E-state index in [-0.39, 0.29) is 4.90 Å². The number of hydrogen-bond donors (Lipinski definition) is 1. The maximum Gasteiger partial charge on any atom is 0.295 e. The average Bonchev–Trinajstić information content (AvgIpc) is 2.32. The third-order valence-electron chi connectivity index (χ3n) is 3.04. The minimum absolute atomic E-state index is 0.0446. The average molecular weight is 262 g/mol. The summed E-state index contributed by atoms with van der Waals surface area (Å²) < 4.78 is 32.2. The summed E-state index contributed by atoms with van der Waals surface area (Å²) >= 11 is 0. The minimum atomic E-state index is -4.22. The van der Waals surface area contributed by atoms with Crippen LogP contribution in [0.2, 0.25) is 0 Å². The van der Waals surface area contributed by atoms with Gasteiger partial charge >= 0.3 is 0 Å². The lowest BCUT2D eigenvalue weighted by molar-refractivity contribution is 0.483. The standard InChI is InChI=1S/C14H14O3S/c1-10-8-9-13(18(15,16)17)14(11(10)2)12-6-4-3-5-7-12/h3-9H,1-2H3,(H,15,16,17). The second-order valence-electron chi connectivity index (χ2n) is 4.22. The van der Waals surface area contributed by atoms with Crippen molar-refractivity contribution in [3.05, 3.63) is 53.6 Å².